The Balaban J connectivity index is 1.91. The molecule has 0 unspecified atom stereocenters. The summed E-state index contributed by atoms with van der Waals surface area (Å²) >= 11 is 0. The van der Waals surface area contributed by atoms with Gasteiger partial charge in [0.1, 0.15) is 0 Å². The maximum Gasteiger partial charge on any atom is 0.307 e. The molecule has 166 valence electrons. The van der Waals surface area contributed by atoms with Gasteiger partial charge in [0.2, 0.25) is 0 Å². The molecule has 1 aromatic carbocycles. The van der Waals surface area contributed by atoms with Crippen LogP contribution in [0.3, 0.4) is 0 Å². The zero-order valence-electron chi connectivity index (χ0n) is 18.9. The fourth-order valence-electron chi connectivity index (χ4n) is 3.46. The first-order chi connectivity index (χ1) is 14.3. The molecule has 29 heavy (non-hydrogen) atoms. The lowest BCUT2D eigenvalue weighted by Gasteiger charge is -2.19. The normalized spacial score (nSPS) is 11.1. The highest BCUT2D eigenvalue weighted by atomic mass is 16.5. The van der Waals surface area contributed by atoms with Crippen molar-refractivity contribution < 1.29 is 14.3 Å². The molecule has 0 aromatic heterocycles. The summed E-state index contributed by atoms with van der Waals surface area (Å²) in [4.78, 5) is 14.2. The molecule has 0 heterocycles. The molecular formula is C25H43NO3. The van der Waals surface area contributed by atoms with Gasteiger partial charge in [-0.1, -0.05) is 88.6 Å². The number of hydrogen-bond acceptors (Lipinski definition) is 4. The number of benzene rings is 1. The maximum atomic E-state index is 12.0. The van der Waals surface area contributed by atoms with Gasteiger partial charge in [-0.15, -0.1) is 0 Å². The van der Waals surface area contributed by atoms with E-state index in [1.807, 2.05) is 6.07 Å². The lowest BCUT2D eigenvalue weighted by atomic mass is 10.1. The number of unbranched alkanes of at least 4 members (excludes halogenated alkanes) is 9. The average Bonchev–Trinajstić information content (AvgIpc) is 2.75. The summed E-state index contributed by atoms with van der Waals surface area (Å²) in [7, 11) is 1.77. The van der Waals surface area contributed by atoms with Crippen LogP contribution in [0.1, 0.15) is 83.1 Å². The number of nitrogens with zero attached hydrogens (tertiary/aromatic N) is 1. The molecule has 0 saturated carbocycles. The summed E-state index contributed by atoms with van der Waals surface area (Å²) in [5, 5.41) is 0. The standard InChI is InChI=1S/C25H43NO3/c1-3-26(23-24-17-13-12-14-18-24)20-19-25(27)29-22-16-11-9-7-5-4-6-8-10-15-21-28-2/h12-14,17-18H,3-11,15-16,19-23H2,1-2H3. The molecule has 0 spiro atoms. The van der Waals surface area contributed by atoms with Crippen LogP contribution in [0, 0.1) is 0 Å². The Morgan fingerprint density at radius 3 is 1.93 bits per heavy atom. The second-order valence-electron chi connectivity index (χ2n) is 7.85. The third-order valence-electron chi connectivity index (χ3n) is 5.33. The van der Waals surface area contributed by atoms with Crippen LogP contribution in [0.4, 0.5) is 0 Å². The Morgan fingerprint density at radius 2 is 1.38 bits per heavy atom. The zero-order valence-corrected chi connectivity index (χ0v) is 18.9. The quantitative estimate of drug-likeness (QED) is 0.209. The van der Waals surface area contributed by atoms with Gasteiger partial charge in [-0.3, -0.25) is 9.69 Å². The largest absolute Gasteiger partial charge is 0.466 e. The molecule has 1 rings (SSSR count). The molecule has 0 N–H and O–H groups in total. The summed E-state index contributed by atoms with van der Waals surface area (Å²) < 4.78 is 10.5. The minimum Gasteiger partial charge on any atom is -0.466 e. The lowest BCUT2D eigenvalue weighted by molar-refractivity contribution is -0.144. The van der Waals surface area contributed by atoms with Crippen LogP contribution in [0.15, 0.2) is 30.3 Å². The monoisotopic (exact) mass is 405 g/mol. The molecule has 0 radical (unpaired) electrons. The number of carbonyl (C=O) groups excluding carboxylic acids is 1. The third kappa shape index (κ3) is 15.2. The van der Waals surface area contributed by atoms with Crippen molar-refractivity contribution in [3.63, 3.8) is 0 Å². The van der Waals surface area contributed by atoms with Crippen LogP contribution in [0.25, 0.3) is 0 Å². The molecule has 0 aliphatic rings. The van der Waals surface area contributed by atoms with Crippen molar-refractivity contribution in [3.05, 3.63) is 35.9 Å². The van der Waals surface area contributed by atoms with Gasteiger partial charge in [0.25, 0.3) is 0 Å². The molecule has 0 fully saturated rings. The summed E-state index contributed by atoms with van der Waals surface area (Å²) in [5.41, 5.74) is 1.29. The number of carbonyl (C=O) groups is 1. The van der Waals surface area contributed by atoms with Crippen molar-refractivity contribution in [2.24, 2.45) is 0 Å². The van der Waals surface area contributed by atoms with Crippen molar-refractivity contribution in [1.29, 1.82) is 0 Å². The Bertz CT molecular complexity index is 492. The van der Waals surface area contributed by atoms with Crippen molar-refractivity contribution >= 4 is 5.97 Å². The minimum absolute atomic E-state index is 0.0648. The predicted octanol–water partition coefficient (Wildman–Crippen LogP) is 5.99. The highest BCUT2D eigenvalue weighted by Crippen LogP contribution is 2.11. The zero-order chi connectivity index (χ0) is 21.0. The van der Waals surface area contributed by atoms with Gasteiger partial charge in [-0.25, -0.2) is 0 Å². The predicted molar refractivity (Wildman–Crippen MR) is 121 cm³/mol. The van der Waals surface area contributed by atoms with Crippen LogP contribution in [0.5, 0.6) is 0 Å². The van der Waals surface area contributed by atoms with Crippen LogP contribution in [-0.4, -0.2) is 44.3 Å². The number of ether oxygens (including phenoxy) is 2. The molecule has 0 atom stereocenters. The van der Waals surface area contributed by atoms with Crippen LogP contribution >= 0.6 is 0 Å². The highest BCUT2D eigenvalue weighted by Gasteiger charge is 2.08. The van der Waals surface area contributed by atoms with E-state index in [2.05, 4.69) is 36.1 Å². The van der Waals surface area contributed by atoms with E-state index in [4.69, 9.17) is 9.47 Å². The summed E-state index contributed by atoms with van der Waals surface area (Å²) in [6.45, 7) is 6.19. The molecule has 4 nitrogen and oxygen atoms in total. The molecule has 0 bridgehead atoms. The van der Waals surface area contributed by atoms with Crippen molar-refractivity contribution in [1.82, 2.24) is 4.90 Å². The number of hydrogen-bond donors (Lipinski definition) is 0. The number of methoxy groups -OCH3 is 1. The summed E-state index contributed by atoms with van der Waals surface area (Å²) in [6, 6.07) is 10.4. The number of esters is 1. The Kier molecular flexibility index (Phi) is 16.5. The SMILES string of the molecule is CCN(CCC(=O)OCCCCCCCCCCCCOC)Cc1ccccc1. The molecule has 0 aliphatic carbocycles. The van der Waals surface area contributed by atoms with Crippen LogP contribution in [-0.2, 0) is 20.8 Å². The van der Waals surface area contributed by atoms with E-state index in [-0.39, 0.29) is 5.97 Å². The van der Waals surface area contributed by atoms with E-state index in [1.165, 1.54) is 56.9 Å². The van der Waals surface area contributed by atoms with Gasteiger partial charge in [0, 0.05) is 26.8 Å². The summed E-state index contributed by atoms with van der Waals surface area (Å²) in [6.07, 6.45) is 13.0. The third-order valence-corrected chi connectivity index (χ3v) is 5.33. The Morgan fingerprint density at radius 1 is 0.828 bits per heavy atom. The molecule has 0 saturated heterocycles. The van der Waals surface area contributed by atoms with E-state index < -0.39 is 0 Å². The molecule has 0 aliphatic heterocycles. The molecule has 1 aromatic rings. The molecular weight excluding hydrogens is 362 g/mol. The average molecular weight is 406 g/mol. The first-order valence-electron chi connectivity index (χ1n) is 11.7. The van der Waals surface area contributed by atoms with Crippen LogP contribution < -0.4 is 0 Å². The van der Waals surface area contributed by atoms with Gasteiger partial charge < -0.3 is 9.47 Å². The number of rotatable bonds is 19. The van der Waals surface area contributed by atoms with Gasteiger partial charge in [0.15, 0.2) is 0 Å². The second kappa shape index (κ2) is 18.6. The van der Waals surface area contributed by atoms with Crippen LogP contribution in [0.2, 0.25) is 0 Å². The molecule has 4 heteroatoms. The van der Waals surface area contributed by atoms with Gasteiger partial charge in [-0.05, 0) is 24.9 Å². The fraction of sp³-hybridized carbons (Fsp3) is 0.720. The second-order valence-corrected chi connectivity index (χ2v) is 7.85. The topological polar surface area (TPSA) is 38.8 Å². The first kappa shape index (κ1) is 25.6. The van der Waals surface area contributed by atoms with Crippen molar-refractivity contribution in [2.75, 3.05) is 33.4 Å². The van der Waals surface area contributed by atoms with Gasteiger partial charge in [-0.2, -0.15) is 0 Å². The lowest BCUT2D eigenvalue weighted by Crippen LogP contribution is -2.26. The Labute approximate surface area is 179 Å². The maximum absolute atomic E-state index is 12.0. The van der Waals surface area contributed by atoms with Gasteiger partial charge >= 0.3 is 5.97 Å². The smallest absolute Gasteiger partial charge is 0.307 e. The van der Waals surface area contributed by atoms with E-state index in [0.717, 1.165) is 39.1 Å². The minimum atomic E-state index is -0.0648. The van der Waals surface area contributed by atoms with Crippen molar-refractivity contribution in [2.45, 2.75) is 84.1 Å². The molecule has 0 amide bonds. The van der Waals surface area contributed by atoms with Gasteiger partial charge in [0.05, 0.1) is 13.0 Å². The Hall–Kier alpha value is -1.39. The van der Waals surface area contributed by atoms with E-state index in [9.17, 15) is 4.79 Å². The van der Waals surface area contributed by atoms with E-state index >= 15 is 0 Å². The highest BCUT2D eigenvalue weighted by molar-refractivity contribution is 5.69. The first-order valence-corrected chi connectivity index (χ1v) is 11.7. The van der Waals surface area contributed by atoms with E-state index in [0.29, 0.717) is 13.0 Å². The van der Waals surface area contributed by atoms with Crippen molar-refractivity contribution in [3.8, 4) is 0 Å². The van der Waals surface area contributed by atoms with E-state index in [1.54, 1.807) is 7.11 Å². The summed E-state index contributed by atoms with van der Waals surface area (Å²) in [5.74, 6) is -0.0648. The fourth-order valence-corrected chi connectivity index (χ4v) is 3.46.